The lowest BCUT2D eigenvalue weighted by molar-refractivity contribution is 0.599. The first-order valence-corrected chi connectivity index (χ1v) is 6.30. The second-order valence-corrected chi connectivity index (χ2v) is 5.76. The zero-order valence-electron chi connectivity index (χ0n) is 6.46. The summed E-state index contributed by atoms with van der Waals surface area (Å²) in [6.45, 7) is 0. The second kappa shape index (κ2) is 3.85. The largest absolute Gasteiger partial charge is 0.262 e. The van der Waals surface area contributed by atoms with Crippen LogP contribution in [0, 0.1) is 17.1 Å². The molecule has 0 aliphatic rings. The van der Waals surface area contributed by atoms with Crippen LogP contribution in [0.2, 0.25) is 0 Å². The van der Waals surface area contributed by atoms with Gasteiger partial charge in [-0.25, -0.2) is 12.8 Å². The highest BCUT2D eigenvalue weighted by Crippen LogP contribution is 2.26. The maximum atomic E-state index is 13.1. The van der Waals surface area contributed by atoms with Crippen LogP contribution in [0.1, 0.15) is 5.56 Å². The van der Waals surface area contributed by atoms with Gasteiger partial charge in [-0.3, -0.25) is 0 Å². The Bertz CT molecular complexity index is 523. The van der Waals surface area contributed by atoms with E-state index >= 15 is 0 Å². The molecule has 1 aromatic rings. The molecule has 0 saturated heterocycles. The van der Waals surface area contributed by atoms with Gasteiger partial charge < -0.3 is 0 Å². The monoisotopic (exact) mass is 297 g/mol. The number of nitrogens with zero attached hydrogens (tertiary/aromatic N) is 1. The van der Waals surface area contributed by atoms with Crippen LogP contribution in [0.15, 0.2) is 21.5 Å². The van der Waals surface area contributed by atoms with E-state index in [2.05, 4.69) is 15.9 Å². The van der Waals surface area contributed by atoms with E-state index in [0.29, 0.717) is 0 Å². The molecule has 1 rings (SSSR count). The molecule has 0 aliphatic heterocycles. The molecule has 0 aromatic heterocycles. The summed E-state index contributed by atoms with van der Waals surface area (Å²) in [6, 6.07) is 3.50. The molecule has 0 aliphatic carbocycles. The lowest BCUT2D eigenvalue weighted by Gasteiger charge is -2.01. The predicted octanol–water partition coefficient (Wildman–Crippen LogP) is 2.39. The molecule has 0 radical (unpaired) electrons. The second-order valence-electron chi connectivity index (χ2n) is 2.31. The average Bonchev–Trinajstić information content (AvgIpc) is 2.01. The van der Waals surface area contributed by atoms with Crippen molar-refractivity contribution in [2.45, 2.75) is 4.90 Å². The van der Waals surface area contributed by atoms with Gasteiger partial charge in [0.15, 0.2) is 0 Å². The van der Waals surface area contributed by atoms with Crippen molar-refractivity contribution >= 4 is 35.7 Å². The lowest BCUT2D eigenvalue weighted by atomic mass is 10.2. The fraction of sp³-hybridized carbons (Fsp3) is 0. The van der Waals surface area contributed by atoms with Crippen LogP contribution in [0.25, 0.3) is 0 Å². The molecule has 0 atom stereocenters. The maximum absolute atomic E-state index is 13.1. The van der Waals surface area contributed by atoms with Crippen molar-refractivity contribution in [1.29, 1.82) is 5.26 Å². The summed E-state index contributed by atoms with van der Waals surface area (Å²) in [4.78, 5) is -0.534. The zero-order valence-corrected chi connectivity index (χ0v) is 9.62. The Hall–Kier alpha value is -0.640. The van der Waals surface area contributed by atoms with Crippen LogP contribution in [0.4, 0.5) is 4.39 Å². The highest BCUT2D eigenvalue weighted by molar-refractivity contribution is 9.10. The first-order chi connectivity index (χ1) is 6.36. The Labute approximate surface area is 92.7 Å². The number of hydrogen-bond donors (Lipinski definition) is 0. The SMILES string of the molecule is N#Cc1c(F)cc(Br)cc1S(=O)(=O)Cl. The minimum absolute atomic E-state index is 0.202. The number of halogens is 3. The van der Waals surface area contributed by atoms with Crippen LogP contribution in [0.5, 0.6) is 0 Å². The van der Waals surface area contributed by atoms with Gasteiger partial charge in [-0.2, -0.15) is 5.26 Å². The number of hydrogen-bond acceptors (Lipinski definition) is 3. The molecule has 3 nitrogen and oxygen atoms in total. The molecular weight excluding hydrogens is 297 g/mol. The first kappa shape index (κ1) is 11.4. The molecule has 74 valence electrons. The average molecular weight is 299 g/mol. The molecule has 0 heterocycles. The van der Waals surface area contributed by atoms with Gasteiger partial charge in [-0.05, 0) is 12.1 Å². The summed E-state index contributed by atoms with van der Waals surface area (Å²) < 4.78 is 35.2. The van der Waals surface area contributed by atoms with Crippen molar-refractivity contribution in [3.05, 3.63) is 28.0 Å². The van der Waals surface area contributed by atoms with E-state index in [-0.39, 0.29) is 4.47 Å². The van der Waals surface area contributed by atoms with Crippen LogP contribution >= 0.6 is 26.6 Å². The highest BCUT2D eigenvalue weighted by Gasteiger charge is 2.19. The molecule has 0 amide bonds. The van der Waals surface area contributed by atoms with Crippen LogP contribution < -0.4 is 0 Å². The summed E-state index contributed by atoms with van der Waals surface area (Å²) in [6.07, 6.45) is 0. The smallest absolute Gasteiger partial charge is 0.207 e. The van der Waals surface area contributed by atoms with Crippen molar-refractivity contribution in [2.75, 3.05) is 0 Å². The Morgan fingerprint density at radius 3 is 2.50 bits per heavy atom. The van der Waals surface area contributed by atoms with E-state index in [9.17, 15) is 12.8 Å². The molecule has 0 fully saturated rings. The van der Waals surface area contributed by atoms with E-state index < -0.39 is 25.3 Å². The van der Waals surface area contributed by atoms with E-state index in [1.54, 1.807) is 0 Å². The third-order valence-electron chi connectivity index (χ3n) is 1.39. The minimum atomic E-state index is -4.11. The third kappa shape index (κ3) is 2.23. The van der Waals surface area contributed by atoms with Gasteiger partial charge in [0, 0.05) is 15.2 Å². The van der Waals surface area contributed by atoms with Gasteiger partial charge in [0.05, 0.1) is 0 Å². The summed E-state index contributed by atoms with van der Waals surface area (Å²) >= 11 is 2.90. The zero-order chi connectivity index (χ0) is 10.9. The van der Waals surface area contributed by atoms with Crippen LogP contribution in [0.3, 0.4) is 0 Å². The summed E-state index contributed by atoms with van der Waals surface area (Å²) in [5, 5.41) is 8.53. The van der Waals surface area contributed by atoms with Gasteiger partial charge in [-0.1, -0.05) is 15.9 Å². The van der Waals surface area contributed by atoms with Crippen molar-refractivity contribution in [1.82, 2.24) is 0 Å². The Balaban J connectivity index is 3.68. The quantitative estimate of drug-likeness (QED) is 0.748. The predicted molar refractivity (Wildman–Crippen MR) is 51.9 cm³/mol. The van der Waals surface area contributed by atoms with Crippen LogP contribution in [-0.2, 0) is 9.05 Å². The Morgan fingerprint density at radius 1 is 1.50 bits per heavy atom. The normalized spacial score (nSPS) is 11.0. The Kier molecular flexibility index (Phi) is 3.14. The van der Waals surface area contributed by atoms with Gasteiger partial charge >= 0.3 is 0 Å². The standard InChI is InChI=1S/C7H2BrClFNO2S/c8-4-1-6(10)5(3-11)7(2-4)14(9,12)13/h1-2H. The van der Waals surface area contributed by atoms with Crippen molar-refractivity contribution in [2.24, 2.45) is 0 Å². The molecule has 0 spiro atoms. The van der Waals surface area contributed by atoms with Gasteiger partial charge in [0.2, 0.25) is 0 Å². The third-order valence-corrected chi connectivity index (χ3v) is 3.20. The number of nitriles is 1. The lowest BCUT2D eigenvalue weighted by Crippen LogP contribution is -1.98. The van der Waals surface area contributed by atoms with E-state index in [1.165, 1.54) is 6.07 Å². The first-order valence-electron chi connectivity index (χ1n) is 3.20. The highest BCUT2D eigenvalue weighted by atomic mass is 79.9. The molecule has 0 N–H and O–H groups in total. The number of benzene rings is 1. The molecule has 0 unspecified atom stereocenters. The van der Waals surface area contributed by atoms with E-state index in [0.717, 1.165) is 12.1 Å². The molecule has 1 aromatic carbocycles. The van der Waals surface area contributed by atoms with Gasteiger partial charge in [0.25, 0.3) is 9.05 Å². The molecule has 7 heteroatoms. The summed E-state index contributed by atoms with van der Waals surface area (Å²) in [5.41, 5.74) is -0.580. The summed E-state index contributed by atoms with van der Waals surface area (Å²) in [7, 11) is 0.909. The molecule has 0 bridgehead atoms. The minimum Gasteiger partial charge on any atom is -0.207 e. The van der Waals surface area contributed by atoms with Gasteiger partial charge in [-0.15, -0.1) is 0 Å². The summed E-state index contributed by atoms with van der Waals surface area (Å²) in [5.74, 6) is -0.930. The topological polar surface area (TPSA) is 57.9 Å². The fourth-order valence-electron chi connectivity index (χ4n) is 0.851. The van der Waals surface area contributed by atoms with Crippen molar-refractivity contribution in [3.63, 3.8) is 0 Å². The van der Waals surface area contributed by atoms with Crippen molar-refractivity contribution < 1.29 is 12.8 Å². The van der Waals surface area contributed by atoms with E-state index in [1.807, 2.05) is 0 Å². The molecule has 0 saturated carbocycles. The molecular formula is C7H2BrClFNO2S. The van der Waals surface area contributed by atoms with Gasteiger partial charge in [0.1, 0.15) is 22.3 Å². The maximum Gasteiger partial charge on any atom is 0.262 e. The van der Waals surface area contributed by atoms with E-state index in [4.69, 9.17) is 15.9 Å². The van der Waals surface area contributed by atoms with Crippen LogP contribution in [-0.4, -0.2) is 8.42 Å². The molecule has 14 heavy (non-hydrogen) atoms. The number of rotatable bonds is 1. The van der Waals surface area contributed by atoms with Crippen molar-refractivity contribution in [3.8, 4) is 6.07 Å². The fourth-order valence-corrected chi connectivity index (χ4v) is 2.45. The Morgan fingerprint density at radius 2 is 2.07 bits per heavy atom.